The number of aromatic nitrogens is 2. The van der Waals surface area contributed by atoms with E-state index < -0.39 is 11.7 Å². The van der Waals surface area contributed by atoms with Crippen LogP contribution in [-0.2, 0) is 12.7 Å². The van der Waals surface area contributed by atoms with Crippen molar-refractivity contribution in [2.75, 3.05) is 31.5 Å². The molecule has 174 valence electrons. The molecule has 0 saturated carbocycles. The maximum Gasteiger partial charge on any atom is 0.416 e. The average Bonchev–Trinajstić information content (AvgIpc) is 3.25. The number of carbonyl (C=O) groups excluding carboxylic acids is 1. The van der Waals surface area contributed by atoms with Crippen LogP contribution in [0.15, 0.2) is 47.0 Å². The molecule has 0 bridgehead atoms. The molecule has 0 aliphatic carbocycles. The zero-order chi connectivity index (χ0) is 23.6. The molecule has 0 atom stereocenters. The fourth-order valence-corrected chi connectivity index (χ4v) is 3.63. The Kier molecular flexibility index (Phi) is 6.37. The maximum atomic E-state index is 12.7. The van der Waals surface area contributed by atoms with E-state index in [1.807, 2.05) is 32.0 Å². The van der Waals surface area contributed by atoms with Crippen LogP contribution in [-0.4, -0.2) is 52.2 Å². The van der Waals surface area contributed by atoms with Crippen LogP contribution in [0.25, 0.3) is 11.5 Å². The molecule has 1 aromatic heterocycles. The number of urea groups is 1. The van der Waals surface area contributed by atoms with E-state index in [1.165, 1.54) is 12.1 Å². The second kappa shape index (κ2) is 9.22. The molecule has 0 spiro atoms. The van der Waals surface area contributed by atoms with Crippen molar-refractivity contribution in [3.63, 3.8) is 0 Å². The molecule has 3 aromatic rings. The van der Waals surface area contributed by atoms with Crippen molar-refractivity contribution >= 4 is 11.7 Å². The first-order valence-electron chi connectivity index (χ1n) is 10.6. The van der Waals surface area contributed by atoms with Crippen LogP contribution in [0.2, 0.25) is 0 Å². The van der Waals surface area contributed by atoms with Gasteiger partial charge in [0.25, 0.3) is 5.89 Å². The highest BCUT2D eigenvalue weighted by molar-refractivity contribution is 5.90. The number of carbonyl (C=O) groups is 1. The summed E-state index contributed by atoms with van der Waals surface area (Å²) in [5.74, 6) is 0.614. The Morgan fingerprint density at radius 1 is 1.06 bits per heavy atom. The lowest BCUT2D eigenvalue weighted by molar-refractivity contribution is -0.137. The van der Waals surface area contributed by atoms with Gasteiger partial charge >= 0.3 is 12.2 Å². The number of halogens is 3. The van der Waals surface area contributed by atoms with Crippen molar-refractivity contribution in [3.8, 4) is 11.5 Å². The summed E-state index contributed by atoms with van der Waals surface area (Å²) in [6, 6.07) is 10.3. The standard InChI is InChI=1S/C23H24F3N5O2/c1-15-4-3-5-19(16(15)2)27-22(32)31-12-10-30(11-13-31)14-20-28-21(33-29-20)17-6-8-18(9-7-17)23(24,25)26/h3-9H,10-14H2,1-2H3,(H,27,32). The molecule has 2 amide bonds. The summed E-state index contributed by atoms with van der Waals surface area (Å²) in [5, 5.41) is 6.92. The number of piperazine rings is 1. The van der Waals surface area contributed by atoms with Crippen molar-refractivity contribution in [2.45, 2.75) is 26.6 Å². The molecule has 1 fully saturated rings. The Balaban J connectivity index is 1.30. The van der Waals surface area contributed by atoms with Gasteiger partial charge < -0.3 is 14.7 Å². The van der Waals surface area contributed by atoms with Crippen LogP contribution in [0.4, 0.5) is 23.7 Å². The average molecular weight is 459 g/mol. The molecule has 2 heterocycles. The number of nitrogens with zero attached hydrogens (tertiary/aromatic N) is 4. The number of hydrogen-bond donors (Lipinski definition) is 1. The van der Waals surface area contributed by atoms with Crippen molar-refractivity contribution in [2.24, 2.45) is 0 Å². The number of alkyl halides is 3. The highest BCUT2D eigenvalue weighted by Crippen LogP contribution is 2.30. The van der Waals surface area contributed by atoms with E-state index in [0.29, 0.717) is 44.1 Å². The van der Waals surface area contributed by atoms with Gasteiger partial charge in [0, 0.05) is 37.4 Å². The molecule has 1 N–H and O–H groups in total. The fraction of sp³-hybridized carbons (Fsp3) is 0.348. The molecule has 0 unspecified atom stereocenters. The zero-order valence-electron chi connectivity index (χ0n) is 18.3. The summed E-state index contributed by atoms with van der Waals surface area (Å²) in [5.41, 5.74) is 2.67. The molecule has 4 rings (SSSR count). The zero-order valence-corrected chi connectivity index (χ0v) is 18.3. The largest absolute Gasteiger partial charge is 0.416 e. The van der Waals surface area contributed by atoms with E-state index in [0.717, 1.165) is 28.9 Å². The number of rotatable bonds is 4. The van der Waals surface area contributed by atoms with E-state index in [4.69, 9.17) is 4.52 Å². The molecule has 33 heavy (non-hydrogen) atoms. The lowest BCUT2D eigenvalue weighted by Crippen LogP contribution is -2.49. The Labute approximate surface area is 189 Å². The van der Waals surface area contributed by atoms with Gasteiger partial charge in [0.2, 0.25) is 0 Å². The Hall–Kier alpha value is -3.40. The fourth-order valence-electron chi connectivity index (χ4n) is 3.63. The highest BCUT2D eigenvalue weighted by Gasteiger charge is 2.30. The molecule has 2 aromatic carbocycles. The maximum absolute atomic E-state index is 12.7. The minimum atomic E-state index is -4.39. The predicted molar refractivity (Wildman–Crippen MR) is 117 cm³/mol. The molecule has 1 aliphatic heterocycles. The first-order valence-corrected chi connectivity index (χ1v) is 10.6. The van der Waals surface area contributed by atoms with Crippen LogP contribution in [0.3, 0.4) is 0 Å². The van der Waals surface area contributed by atoms with E-state index >= 15 is 0 Å². The van der Waals surface area contributed by atoms with Gasteiger partial charge in [0.1, 0.15) is 0 Å². The predicted octanol–water partition coefficient (Wildman–Crippen LogP) is 4.72. The van der Waals surface area contributed by atoms with Crippen LogP contribution < -0.4 is 5.32 Å². The van der Waals surface area contributed by atoms with Crippen molar-refractivity contribution in [1.29, 1.82) is 0 Å². The number of nitrogens with one attached hydrogen (secondary N) is 1. The third kappa shape index (κ3) is 5.33. The smallest absolute Gasteiger partial charge is 0.334 e. The van der Waals surface area contributed by atoms with E-state index in [9.17, 15) is 18.0 Å². The molecular formula is C23H24F3N5O2. The monoisotopic (exact) mass is 459 g/mol. The summed E-state index contributed by atoms with van der Waals surface area (Å²) in [7, 11) is 0. The van der Waals surface area contributed by atoms with Gasteiger partial charge in [-0.1, -0.05) is 17.3 Å². The van der Waals surface area contributed by atoms with Gasteiger partial charge in [0.05, 0.1) is 12.1 Å². The summed E-state index contributed by atoms with van der Waals surface area (Å²) < 4.78 is 43.4. The Morgan fingerprint density at radius 2 is 1.76 bits per heavy atom. The van der Waals surface area contributed by atoms with Gasteiger partial charge in [-0.3, -0.25) is 4.90 Å². The summed E-state index contributed by atoms with van der Waals surface area (Å²) in [6.07, 6.45) is -4.39. The molecule has 10 heteroatoms. The lowest BCUT2D eigenvalue weighted by atomic mass is 10.1. The lowest BCUT2D eigenvalue weighted by Gasteiger charge is -2.34. The summed E-state index contributed by atoms with van der Waals surface area (Å²) in [6.45, 7) is 6.81. The second-order valence-electron chi connectivity index (χ2n) is 8.03. The SMILES string of the molecule is Cc1cccc(NC(=O)N2CCN(Cc3noc(-c4ccc(C(F)(F)F)cc4)n3)CC2)c1C. The molecule has 7 nitrogen and oxygen atoms in total. The quantitative estimate of drug-likeness (QED) is 0.611. The Morgan fingerprint density at radius 3 is 2.42 bits per heavy atom. The first kappa shape index (κ1) is 22.8. The second-order valence-corrected chi connectivity index (χ2v) is 8.03. The Bertz CT molecular complexity index is 1120. The van der Waals surface area contributed by atoms with Gasteiger partial charge in [-0.15, -0.1) is 0 Å². The number of benzene rings is 2. The third-order valence-electron chi connectivity index (χ3n) is 5.80. The summed E-state index contributed by atoms with van der Waals surface area (Å²) >= 11 is 0. The normalized spacial score (nSPS) is 15.0. The van der Waals surface area contributed by atoms with E-state index in [-0.39, 0.29) is 11.9 Å². The van der Waals surface area contributed by atoms with Gasteiger partial charge in [-0.25, -0.2) is 4.79 Å². The van der Waals surface area contributed by atoms with Crippen LogP contribution >= 0.6 is 0 Å². The molecule has 0 radical (unpaired) electrons. The molecule has 1 aliphatic rings. The summed E-state index contributed by atoms with van der Waals surface area (Å²) in [4.78, 5) is 20.8. The minimum absolute atomic E-state index is 0.132. The van der Waals surface area contributed by atoms with Crippen LogP contribution in [0.5, 0.6) is 0 Å². The topological polar surface area (TPSA) is 74.5 Å². The molecule has 1 saturated heterocycles. The minimum Gasteiger partial charge on any atom is -0.334 e. The van der Waals surface area contributed by atoms with Crippen LogP contribution in [0, 0.1) is 13.8 Å². The number of aryl methyl sites for hydroxylation is 1. The number of hydrogen-bond acceptors (Lipinski definition) is 5. The van der Waals surface area contributed by atoms with Gasteiger partial charge in [-0.2, -0.15) is 18.2 Å². The van der Waals surface area contributed by atoms with Gasteiger partial charge in [0.15, 0.2) is 5.82 Å². The number of anilines is 1. The van der Waals surface area contributed by atoms with Crippen molar-refractivity contribution in [1.82, 2.24) is 19.9 Å². The van der Waals surface area contributed by atoms with Gasteiger partial charge in [-0.05, 0) is 55.3 Å². The van der Waals surface area contributed by atoms with Crippen molar-refractivity contribution < 1.29 is 22.5 Å². The van der Waals surface area contributed by atoms with Crippen LogP contribution in [0.1, 0.15) is 22.5 Å². The van der Waals surface area contributed by atoms with Crippen molar-refractivity contribution in [3.05, 3.63) is 65.0 Å². The number of amides is 2. The first-order chi connectivity index (χ1) is 15.7. The van der Waals surface area contributed by atoms with E-state index in [1.54, 1.807) is 4.90 Å². The highest BCUT2D eigenvalue weighted by atomic mass is 19.4. The van der Waals surface area contributed by atoms with E-state index in [2.05, 4.69) is 20.4 Å². The third-order valence-corrected chi connectivity index (χ3v) is 5.80. The molecular weight excluding hydrogens is 435 g/mol.